The molecular formula is C18H20ClN5O2. The quantitative estimate of drug-likeness (QED) is 0.744. The summed E-state index contributed by atoms with van der Waals surface area (Å²) >= 11 is 5.84. The number of carbonyl (C=O) groups excluding carboxylic acids is 2. The van der Waals surface area contributed by atoms with Crippen LogP contribution in [0.4, 0.5) is 5.69 Å². The van der Waals surface area contributed by atoms with Crippen LogP contribution in [0.1, 0.15) is 40.2 Å². The molecule has 8 heteroatoms. The molecule has 1 fully saturated rings. The summed E-state index contributed by atoms with van der Waals surface area (Å²) in [6.07, 6.45) is 5.66. The number of aromatic nitrogens is 2. The zero-order chi connectivity index (χ0) is 18.5. The molecule has 2 amide bonds. The second kappa shape index (κ2) is 8.25. The van der Waals surface area contributed by atoms with Gasteiger partial charge in [0, 0.05) is 29.1 Å². The van der Waals surface area contributed by atoms with Gasteiger partial charge in [-0.05, 0) is 49.6 Å². The molecular weight excluding hydrogens is 354 g/mol. The van der Waals surface area contributed by atoms with Crippen molar-refractivity contribution in [2.24, 2.45) is 11.7 Å². The van der Waals surface area contributed by atoms with Crippen LogP contribution in [0.2, 0.25) is 5.02 Å². The third-order valence-corrected chi connectivity index (χ3v) is 4.76. The van der Waals surface area contributed by atoms with Crippen LogP contribution in [-0.4, -0.2) is 34.4 Å². The number of hydrogen-bond acceptors (Lipinski definition) is 5. The van der Waals surface area contributed by atoms with Crippen molar-refractivity contribution in [2.75, 3.05) is 11.9 Å². The number of amides is 2. The number of nitrogens with zero attached hydrogens (tertiary/aromatic N) is 2. The Morgan fingerprint density at radius 1 is 1.08 bits per heavy atom. The lowest BCUT2D eigenvalue weighted by atomic mass is 10.0. The van der Waals surface area contributed by atoms with Crippen molar-refractivity contribution in [1.29, 1.82) is 0 Å². The Morgan fingerprint density at radius 3 is 2.38 bits per heavy atom. The molecule has 1 heterocycles. The van der Waals surface area contributed by atoms with Gasteiger partial charge >= 0.3 is 0 Å². The first-order chi connectivity index (χ1) is 12.6. The first-order valence-corrected chi connectivity index (χ1v) is 8.85. The number of hydrogen-bond donors (Lipinski definition) is 3. The minimum Gasteiger partial charge on any atom is -0.348 e. The van der Waals surface area contributed by atoms with Crippen LogP contribution in [0.3, 0.4) is 0 Å². The molecule has 7 nitrogen and oxygen atoms in total. The number of nitrogens with one attached hydrogen (secondary N) is 2. The second-order valence-corrected chi connectivity index (χ2v) is 6.66. The van der Waals surface area contributed by atoms with Gasteiger partial charge in [0.1, 0.15) is 0 Å². The van der Waals surface area contributed by atoms with Gasteiger partial charge in [0.25, 0.3) is 11.8 Å². The number of nitrogens with two attached hydrogens (primary N) is 1. The van der Waals surface area contributed by atoms with Crippen LogP contribution in [-0.2, 0) is 0 Å². The summed E-state index contributed by atoms with van der Waals surface area (Å²) in [6.45, 7) is 0.523. The van der Waals surface area contributed by atoms with E-state index in [1.54, 1.807) is 24.3 Å². The van der Waals surface area contributed by atoms with Gasteiger partial charge in [-0.15, -0.1) is 0 Å². The Kier molecular flexibility index (Phi) is 5.80. The van der Waals surface area contributed by atoms with E-state index in [0.29, 0.717) is 17.3 Å². The molecule has 136 valence electrons. The molecule has 4 N–H and O–H groups in total. The highest BCUT2D eigenvalue weighted by atomic mass is 35.5. The van der Waals surface area contributed by atoms with Crippen LogP contribution in [0.5, 0.6) is 0 Å². The molecule has 1 aliphatic carbocycles. The Morgan fingerprint density at radius 2 is 1.73 bits per heavy atom. The smallest absolute Gasteiger partial charge is 0.276 e. The molecule has 0 bridgehead atoms. The lowest BCUT2D eigenvalue weighted by molar-refractivity contribution is 0.0911. The number of halogens is 1. The van der Waals surface area contributed by atoms with Crippen LogP contribution in [0.15, 0.2) is 36.7 Å². The van der Waals surface area contributed by atoms with E-state index >= 15 is 0 Å². The maximum Gasteiger partial charge on any atom is 0.276 e. The number of carbonyl (C=O) groups is 2. The Hall–Kier alpha value is -2.51. The lowest BCUT2D eigenvalue weighted by Gasteiger charge is -2.19. The van der Waals surface area contributed by atoms with Crippen LogP contribution in [0.25, 0.3) is 0 Å². The summed E-state index contributed by atoms with van der Waals surface area (Å²) in [5.41, 5.74) is 6.29. The highest BCUT2D eigenvalue weighted by Crippen LogP contribution is 2.25. The summed E-state index contributed by atoms with van der Waals surface area (Å²) in [5, 5.41) is 6.20. The van der Waals surface area contributed by atoms with Gasteiger partial charge in [-0.1, -0.05) is 18.0 Å². The molecule has 0 spiro atoms. The Balaban J connectivity index is 1.75. The van der Waals surface area contributed by atoms with Crippen molar-refractivity contribution in [3.8, 4) is 0 Å². The molecule has 2 aromatic rings. The van der Waals surface area contributed by atoms with Gasteiger partial charge in [0.2, 0.25) is 0 Å². The average molecular weight is 374 g/mol. The van der Waals surface area contributed by atoms with E-state index in [2.05, 4.69) is 20.6 Å². The van der Waals surface area contributed by atoms with Crippen LogP contribution >= 0.6 is 11.6 Å². The molecule has 0 radical (unpaired) electrons. The van der Waals surface area contributed by atoms with E-state index in [1.807, 2.05) is 0 Å². The maximum atomic E-state index is 12.6. The van der Waals surface area contributed by atoms with E-state index in [0.717, 1.165) is 19.3 Å². The SMILES string of the molecule is NCC1CCCC1NC(=O)c1nccnc1C(=O)Nc1ccc(Cl)cc1. The van der Waals surface area contributed by atoms with E-state index in [1.165, 1.54) is 12.4 Å². The van der Waals surface area contributed by atoms with Gasteiger partial charge in [0.15, 0.2) is 11.4 Å². The van der Waals surface area contributed by atoms with E-state index in [-0.39, 0.29) is 23.3 Å². The molecule has 1 saturated carbocycles. The van der Waals surface area contributed by atoms with Crippen molar-refractivity contribution in [2.45, 2.75) is 25.3 Å². The first-order valence-electron chi connectivity index (χ1n) is 8.47. The fourth-order valence-corrected chi connectivity index (χ4v) is 3.27. The van der Waals surface area contributed by atoms with E-state index in [9.17, 15) is 9.59 Å². The molecule has 0 saturated heterocycles. The van der Waals surface area contributed by atoms with Gasteiger partial charge in [0.05, 0.1) is 0 Å². The normalized spacial score (nSPS) is 19.2. The summed E-state index contributed by atoms with van der Waals surface area (Å²) in [7, 11) is 0. The standard InChI is InChI=1S/C18H20ClN5O2/c19-12-4-6-13(7-5-12)23-17(25)15-16(22-9-8-21-15)18(26)24-14-3-1-2-11(14)10-20/h4-9,11,14H,1-3,10,20H2,(H,23,25)(H,24,26). The molecule has 3 rings (SSSR count). The second-order valence-electron chi connectivity index (χ2n) is 6.22. The number of benzene rings is 1. The van der Waals surface area contributed by atoms with Crippen molar-refractivity contribution >= 4 is 29.1 Å². The summed E-state index contributed by atoms with van der Waals surface area (Å²) < 4.78 is 0. The van der Waals surface area contributed by atoms with Gasteiger partial charge in [-0.2, -0.15) is 0 Å². The topological polar surface area (TPSA) is 110 Å². The van der Waals surface area contributed by atoms with E-state index < -0.39 is 11.8 Å². The molecule has 2 unspecified atom stereocenters. The minimum absolute atomic E-state index is 0.00151. The van der Waals surface area contributed by atoms with Crippen molar-refractivity contribution in [1.82, 2.24) is 15.3 Å². The van der Waals surface area contributed by atoms with Gasteiger partial charge in [-0.3, -0.25) is 9.59 Å². The largest absolute Gasteiger partial charge is 0.348 e. The van der Waals surface area contributed by atoms with Crippen LogP contribution < -0.4 is 16.4 Å². The Bertz CT molecular complexity index is 796. The number of rotatable bonds is 5. The summed E-state index contributed by atoms with van der Waals surface area (Å²) in [4.78, 5) is 33.3. The predicted octanol–water partition coefficient (Wildman–Crippen LogP) is 2.24. The third-order valence-electron chi connectivity index (χ3n) is 4.51. The fraction of sp³-hybridized carbons (Fsp3) is 0.333. The molecule has 0 aliphatic heterocycles. The fourth-order valence-electron chi connectivity index (χ4n) is 3.14. The zero-order valence-corrected chi connectivity index (χ0v) is 14.9. The molecule has 1 aromatic carbocycles. The zero-order valence-electron chi connectivity index (χ0n) is 14.1. The first kappa shape index (κ1) is 18.3. The molecule has 1 aliphatic rings. The monoisotopic (exact) mass is 373 g/mol. The van der Waals surface area contributed by atoms with Gasteiger partial charge in [-0.25, -0.2) is 9.97 Å². The highest BCUT2D eigenvalue weighted by molar-refractivity contribution is 6.30. The lowest BCUT2D eigenvalue weighted by Crippen LogP contribution is -2.41. The van der Waals surface area contributed by atoms with Crippen molar-refractivity contribution in [3.05, 3.63) is 53.1 Å². The Labute approximate surface area is 156 Å². The number of anilines is 1. The summed E-state index contributed by atoms with van der Waals surface area (Å²) in [6, 6.07) is 6.66. The minimum atomic E-state index is -0.507. The maximum absolute atomic E-state index is 12.6. The van der Waals surface area contributed by atoms with Gasteiger partial charge < -0.3 is 16.4 Å². The van der Waals surface area contributed by atoms with Crippen molar-refractivity contribution in [3.63, 3.8) is 0 Å². The predicted molar refractivity (Wildman–Crippen MR) is 99.1 cm³/mol. The molecule has 26 heavy (non-hydrogen) atoms. The van der Waals surface area contributed by atoms with Crippen LogP contribution in [0, 0.1) is 5.92 Å². The molecule has 1 aromatic heterocycles. The van der Waals surface area contributed by atoms with Crippen molar-refractivity contribution < 1.29 is 9.59 Å². The average Bonchev–Trinajstić information content (AvgIpc) is 3.10. The highest BCUT2D eigenvalue weighted by Gasteiger charge is 2.29. The summed E-state index contributed by atoms with van der Waals surface area (Å²) in [5.74, 6) is -0.668. The van der Waals surface area contributed by atoms with E-state index in [4.69, 9.17) is 17.3 Å². The molecule has 2 atom stereocenters. The third kappa shape index (κ3) is 4.17.